The topological polar surface area (TPSA) is 35.8 Å². The largest absolute Gasteiger partial charge is 0.311 e. The molecule has 3 aliphatic rings. The van der Waals surface area contributed by atoms with E-state index in [0.29, 0.717) is 12.1 Å². The van der Waals surface area contributed by atoms with E-state index in [2.05, 4.69) is 18.3 Å². The number of nitrogens with one attached hydrogen (secondary N) is 1. The van der Waals surface area contributed by atoms with Gasteiger partial charge in [-0.1, -0.05) is 0 Å². The summed E-state index contributed by atoms with van der Waals surface area (Å²) in [5, 5.41) is 12.2. The van der Waals surface area contributed by atoms with Crippen molar-refractivity contribution in [1.29, 1.82) is 5.26 Å². The zero-order valence-electron chi connectivity index (χ0n) is 6.22. The summed E-state index contributed by atoms with van der Waals surface area (Å²) >= 11 is 0. The second-order valence-electron chi connectivity index (χ2n) is 3.88. The van der Waals surface area contributed by atoms with Crippen LogP contribution >= 0.6 is 0 Å². The number of hydrogen-bond donors (Lipinski definition) is 1. The highest BCUT2D eigenvalue weighted by Gasteiger charge is 2.44. The molecule has 2 unspecified atom stereocenters. The first-order chi connectivity index (χ1) is 4.72. The fourth-order valence-corrected chi connectivity index (χ4v) is 2.20. The molecule has 1 aliphatic carbocycles. The van der Waals surface area contributed by atoms with Gasteiger partial charge in [-0.05, 0) is 26.2 Å². The maximum Gasteiger partial charge on any atom is 0.0688 e. The number of nitriles is 1. The molecule has 0 radical (unpaired) electrons. The van der Waals surface area contributed by atoms with Gasteiger partial charge < -0.3 is 5.32 Å². The molecule has 2 atom stereocenters. The van der Waals surface area contributed by atoms with Crippen molar-refractivity contribution in [3.05, 3.63) is 0 Å². The van der Waals surface area contributed by atoms with Gasteiger partial charge in [0, 0.05) is 12.1 Å². The fourth-order valence-electron chi connectivity index (χ4n) is 2.20. The van der Waals surface area contributed by atoms with E-state index in [1.54, 1.807) is 0 Å². The molecule has 0 aromatic heterocycles. The SMILES string of the molecule is CC1(C#N)CC2CC(C1)N2. The van der Waals surface area contributed by atoms with E-state index in [0.717, 1.165) is 12.8 Å². The molecule has 2 aliphatic heterocycles. The molecule has 0 spiro atoms. The zero-order valence-corrected chi connectivity index (χ0v) is 6.22. The smallest absolute Gasteiger partial charge is 0.0688 e. The molecule has 2 bridgehead atoms. The number of nitrogens with zero attached hydrogens (tertiary/aromatic N) is 1. The van der Waals surface area contributed by atoms with Crippen molar-refractivity contribution >= 4 is 0 Å². The third kappa shape index (κ3) is 0.741. The van der Waals surface area contributed by atoms with E-state index < -0.39 is 0 Å². The average Bonchev–Trinajstić information content (AvgIpc) is 1.86. The Bertz CT molecular complexity index is 176. The van der Waals surface area contributed by atoms with E-state index >= 15 is 0 Å². The average molecular weight is 136 g/mol. The van der Waals surface area contributed by atoms with Crippen LogP contribution in [0.15, 0.2) is 0 Å². The van der Waals surface area contributed by atoms with Crippen molar-refractivity contribution < 1.29 is 0 Å². The summed E-state index contributed by atoms with van der Waals surface area (Å²) in [6.45, 7) is 2.08. The van der Waals surface area contributed by atoms with Gasteiger partial charge >= 0.3 is 0 Å². The summed E-state index contributed by atoms with van der Waals surface area (Å²) < 4.78 is 0. The quantitative estimate of drug-likeness (QED) is 0.540. The van der Waals surface area contributed by atoms with Gasteiger partial charge in [-0.3, -0.25) is 0 Å². The van der Waals surface area contributed by atoms with Crippen LogP contribution in [0.1, 0.15) is 26.2 Å². The third-order valence-corrected chi connectivity index (χ3v) is 2.70. The normalized spacial score (nSPS) is 51.2. The van der Waals surface area contributed by atoms with Gasteiger partial charge in [0.1, 0.15) is 0 Å². The second-order valence-corrected chi connectivity index (χ2v) is 3.88. The van der Waals surface area contributed by atoms with Crippen molar-refractivity contribution in [1.82, 2.24) is 5.32 Å². The molecule has 10 heavy (non-hydrogen) atoms. The molecule has 0 amide bonds. The monoisotopic (exact) mass is 136 g/mol. The van der Waals surface area contributed by atoms with E-state index in [9.17, 15) is 0 Å². The number of rotatable bonds is 0. The lowest BCUT2D eigenvalue weighted by atomic mass is 9.67. The van der Waals surface area contributed by atoms with Crippen molar-refractivity contribution in [3.8, 4) is 6.07 Å². The summed E-state index contributed by atoms with van der Waals surface area (Å²) in [7, 11) is 0. The third-order valence-electron chi connectivity index (χ3n) is 2.70. The predicted octanol–water partition coefficient (Wildman–Crippen LogP) is 1.04. The molecule has 2 heteroatoms. The maximum atomic E-state index is 8.81. The van der Waals surface area contributed by atoms with Crippen LogP contribution in [0.25, 0.3) is 0 Å². The molecule has 54 valence electrons. The zero-order chi connectivity index (χ0) is 7.19. The fraction of sp³-hybridized carbons (Fsp3) is 0.875. The molecule has 2 saturated heterocycles. The highest BCUT2D eigenvalue weighted by Crippen LogP contribution is 2.40. The Balaban J connectivity index is 2.10. The number of fused-ring (bicyclic) bond motifs is 2. The van der Waals surface area contributed by atoms with Crippen LogP contribution in [0.4, 0.5) is 0 Å². The molecular weight excluding hydrogens is 124 g/mol. The van der Waals surface area contributed by atoms with E-state index in [1.807, 2.05) is 0 Å². The highest BCUT2D eigenvalue weighted by atomic mass is 15.1. The Kier molecular flexibility index (Phi) is 1.07. The predicted molar refractivity (Wildman–Crippen MR) is 38.3 cm³/mol. The van der Waals surface area contributed by atoms with E-state index in [4.69, 9.17) is 5.26 Å². The van der Waals surface area contributed by atoms with Crippen LogP contribution in [0.5, 0.6) is 0 Å². The standard InChI is InChI=1S/C8H12N2/c1-8(5-9)3-6-2-7(4-8)10-6/h6-7,10H,2-4H2,1H3. The van der Waals surface area contributed by atoms with Crippen LogP contribution < -0.4 is 5.32 Å². The number of hydrogen-bond acceptors (Lipinski definition) is 2. The van der Waals surface area contributed by atoms with Crippen LogP contribution in [-0.4, -0.2) is 12.1 Å². The Morgan fingerprint density at radius 2 is 2.00 bits per heavy atom. The van der Waals surface area contributed by atoms with Gasteiger partial charge in [0.15, 0.2) is 0 Å². The summed E-state index contributed by atoms with van der Waals surface area (Å²) in [4.78, 5) is 0. The first-order valence-corrected chi connectivity index (χ1v) is 3.89. The molecule has 1 N–H and O–H groups in total. The van der Waals surface area contributed by atoms with Crippen molar-refractivity contribution in [2.24, 2.45) is 5.41 Å². The lowest BCUT2D eigenvalue weighted by molar-refractivity contribution is 0.0978. The molecule has 0 aromatic carbocycles. The van der Waals surface area contributed by atoms with Gasteiger partial charge in [-0.15, -0.1) is 0 Å². The maximum absolute atomic E-state index is 8.81. The van der Waals surface area contributed by atoms with E-state index in [-0.39, 0.29) is 5.41 Å². The first kappa shape index (κ1) is 6.18. The van der Waals surface area contributed by atoms with E-state index in [1.165, 1.54) is 6.42 Å². The van der Waals surface area contributed by atoms with Crippen molar-refractivity contribution in [3.63, 3.8) is 0 Å². The summed E-state index contributed by atoms with van der Waals surface area (Å²) in [6.07, 6.45) is 3.41. The molecule has 3 fully saturated rings. The molecule has 1 saturated carbocycles. The first-order valence-electron chi connectivity index (χ1n) is 3.89. The molecular formula is C8H12N2. The van der Waals surface area contributed by atoms with Crippen molar-refractivity contribution in [2.45, 2.75) is 38.3 Å². The Morgan fingerprint density at radius 1 is 1.50 bits per heavy atom. The van der Waals surface area contributed by atoms with Crippen LogP contribution in [-0.2, 0) is 0 Å². The number of piperidine rings is 1. The minimum Gasteiger partial charge on any atom is -0.311 e. The summed E-state index contributed by atoms with van der Waals surface area (Å²) in [5.74, 6) is 0. The molecule has 2 nitrogen and oxygen atoms in total. The Hall–Kier alpha value is -0.550. The van der Waals surface area contributed by atoms with Gasteiger partial charge in [0.25, 0.3) is 0 Å². The molecule has 0 aromatic rings. The van der Waals surface area contributed by atoms with Crippen LogP contribution in [0, 0.1) is 16.7 Å². The minimum atomic E-state index is -0.0150. The van der Waals surface area contributed by atoms with Crippen LogP contribution in [0.3, 0.4) is 0 Å². The van der Waals surface area contributed by atoms with Gasteiger partial charge in [0.05, 0.1) is 11.5 Å². The van der Waals surface area contributed by atoms with Crippen molar-refractivity contribution in [2.75, 3.05) is 0 Å². The van der Waals surface area contributed by atoms with Gasteiger partial charge in [-0.2, -0.15) is 5.26 Å². The minimum absolute atomic E-state index is 0.0150. The Morgan fingerprint density at radius 3 is 2.30 bits per heavy atom. The summed E-state index contributed by atoms with van der Waals surface area (Å²) in [5.41, 5.74) is -0.0150. The van der Waals surface area contributed by atoms with Crippen LogP contribution in [0.2, 0.25) is 0 Å². The lowest BCUT2D eigenvalue weighted by Gasteiger charge is -2.49. The molecule has 3 rings (SSSR count). The highest BCUT2D eigenvalue weighted by molar-refractivity contribution is 5.09. The summed E-state index contributed by atoms with van der Waals surface area (Å²) in [6, 6.07) is 3.71. The Labute approximate surface area is 61.2 Å². The second kappa shape index (κ2) is 1.73. The molecule has 2 heterocycles. The van der Waals surface area contributed by atoms with Gasteiger partial charge in [-0.25, -0.2) is 0 Å². The van der Waals surface area contributed by atoms with Gasteiger partial charge in [0.2, 0.25) is 0 Å². The lowest BCUT2D eigenvalue weighted by Crippen LogP contribution is -2.60.